The molecule has 1 aromatic heterocycles. The Labute approximate surface area is 117 Å². The van der Waals surface area contributed by atoms with Gasteiger partial charge in [-0.15, -0.1) is 0 Å². The smallest absolute Gasteiger partial charge is 0.267 e. The average molecular weight is 268 g/mol. The number of aromatic nitrogens is 1. The van der Waals surface area contributed by atoms with Crippen LogP contribution in [-0.4, -0.2) is 17.4 Å². The summed E-state index contributed by atoms with van der Waals surface area (Å²) in [5.74, 6) is -0.525. The maximum absolute atomic E-state index is 11.1. The van der Waals surface area contributed by atoms with Crippen molar-refractivity contribution in [3.05, 3.63) is 47.8 Å². The van der Waals surface area contributed by atoms with Gasteiger partial charge in [-0.1, -0.05) is 0 Å². The van der Waals surface area contributed by atoms with E-state index in [0.717, 1.165) is 30.8 Å². The molecule has 0 fully saturated rings. The quantitative estimate of drug-likeness (QED) is 0.797. The second-order valence-electron chi connectivity index (χ2n) is 4.82. The topological polar surface area (TPSA) is 80.0 Å². The zero-order chi connectivity index (χ0) is 13.9. The fourth-order valence-corrected chi connectivity index (χ4v) is 2.36. The number of primary amides is 1. The zero-order valence-corrected chi connectivity index (χ0v) is 11.0. The third-order valence-corrected chi connectivity index (χ3v) is 3.34. The Kier molecular flexibility index (Phi) is 3.25. The molecule has 0 unspecified atom stereocenters. The molecule has 3 rings (SSSR count). The van der Waals surface area contributed by atoms with Crippen LogP contribution < -0.4 is 16.4 Å². The summed E-state index contributed by atoms with van der Waals surface area (Å²) in [7, 11) is 0. The highest BCUT2D eigenvalue weighted by Crippen LogP contribution is 2.26. The van der Waals surface area contributed by atoms with Gasteiger partial charge >= 0.3 is 0 Å². The molecule has 0 saturated carbocycles. The Morgan fingerprint density at radius 2 is 2.10 bits per heavy atom. The van der Waals surface area contributed by atoms with E-state index >= 15 is 0 Å². The number of hydrogen-bond acceptors (Lipinski definition) is 4. The summed E-state index contributed by atoms with van der Waals surface area (Å²) in [6.45, 7) is 1.03. The highest BCUT2D eigenvalue weighted by atomic mass is 16.1. The first kappa shape index (κ1) is 12.5. The summed E-state index contributed by atoms with van der Waals surface area (Å²) in [5.41, 5.74) is 9.80. The van der Waals surface area contributed by atoms with E-state index in [1.807, 2.05) is 12.1 Å². The lowest BCUT2D eigenvalue weighted by atomic mass is 10.0. The van der Waals surface area contributed by atoms with Crippen molar-refractivity contribution in [2.24, 2.45) is 5.73 Å². The van der Waals surface area contributed by atoms with Crippen LogP contribution in [-0.2, 0) is 6.42 Å². The van der Waals surface area contributed by atoms with Crippen molar-refractivity contribution in [2.75, 3.05) is 17.2 Å². The van der Waals surface area contributed by atoms with E-state index in [4.69, 9.17) is 5.73 Å². The average Bonchev–Trinajstić information content (AvgIpc) is 2.47. The minimum Gasteiger partial charge on any atom is -0.385 e. The van der Waals surface area contributed by atoms with E-state index in [2.05, 4.69) is 27.8 Å². The monoisotopic (exact) mass is 268 g/mol. The van der Waals surface area contributed by atoms with Gasteiger partial charge in [-0.3, -0.25) is 9.78 Å². The Morgan fingerprint density at radius 1 is 1.25 bits per heavy atom. The van der Waals surface area contributed by atoms with Gasteiger partial charge in [0.2, 0.25) is 0 Å². The fourth-order valence-electron chi connectivity index (χ4n) is 2.36. The summed E-state index contributed by atoms with van der Waals surface area (Å²) in [5, 5.41) is 6.65. The van der Waals surface area contributed by atoms with Crippen LogP contribution in [0.1, 0.15) is 22.5 Å². The standard InChI is InChI=1S/C15H16N4O/c16-15(20)14-9-12(5-7-18-14)19-11-3-4-13-10(8-11)2-1-6-17-13/h3-5,7-9,17H,1-2,6H2,(H2,16,20)(H,18,19). The molecule has 5 nitrogen and oxygen atoms in total. The molecule has 5 heteroatoms. The van der Waals surface area contributed by atoms with Crippen molar-refractivity contribution in [1.82, 2.24) is 4.98 Å². The second kappa shape index (κ2) is 5.21. The van der Waals surface area contributed by atoms with Gasteiger partial charge in [0.1, 0.15) is 5.69 Å². The van der Waals surface area contributed by atoms with E-state index in [-0.39, 0.29) is 5.69 Å². The number of aryl methyl sites for hydroxylation is 1. The number of pyridine rings is 1. The molecule has 0 saturated heterocycles. The number of carbonyl (C=O) groups is 1. The van der Waals surface area contributed by atoms with Crippen LogP contribution in [0.5, 0.6) is 0 Å². The maximum atomic E-state index is 11.1. The van der Waals surface area contributed by atoms with Gasteiger partial charge in [-0.25, -0.2) is 0 Å². The van der Waals surface area contributed by atoms with Crippen molar-refractivity contribution in [2.45, 2.75) is 12.8 Å². The van der Waals surface area contributed by atoms with E-state index in [1.54, 1.807) is 12.3 Å². The molecule has 0 radical (unpaired) electrons. The van der Waals surface area contributed by atoms with Gasteiger partial charge in [0.05, 0.1) is 0 Å². The van der Waals surface area contributed by atoms with Crippen LogP contribution >= 0.6 is 0 Å². The fraction of sp³-hybridized carbons (Fsp3) is 0.200. The maximum Gasteiger partial charge on any atom is 0.267 e. The third-order valence-electron chi connectivity index (χ3n) is 3.34. The van der Waals surface area contributed by atoms with Crippen LogP contribution in [0.15, 0.2) is 36.5 Å². The number of nitrogens with one attached hydrogen (secondary N) is 2. The SMILES string of the molecule is NC(=O)c1cc(Nc2ccc3c(c2)CCCN3)ccn1. The van der Waals surface area contributed by atoms with E-state index in [9.17, 15) is 4.79 Å². The second-order valence-corrected chi connectivity index (χ2v) is 4.82. The summed E-state index contributed by atoms with van der Waals surface area (Å²) in [6.07, 6.45) is 3.81. The molecule has 4 N–H and O–H groups in total. The van der Waals surface area contributed by atoms with Gasteiger partial charge in [-0.05, 0) is 48.7 Å². The summed E-state index contributed by atoms with van der Waals surface area (Å²) in [4.78, 5) is 15.0. The summed E-state index contributed by atoms with van der Waals surface area (Å²) in [6, 6.07) is 9.69. The van der Waals surface area contributed by atoms with E-state index in [0.29, 0.717) is 0 Å². The number of carbonyl (C=O) groups excluding carboxylic acids is 1. The molecule has 1 aliphatic rings. The van der Waals surface area contributed by atoms with Crippen LogP contribution in [0.3, 0.4) is 0 Å². The van der Waals surface area contributed by atoms with Crippen LogP contribution in [0.4, 0.5) is 17.1 Å². The van der Waals surface area contributed by atoms with Gasteiger partial charge in [0.25, 0.3) is 5.91 Å². The van der Waals surface area contributed by atoms with Crippen LogP contribution in [0.25, 0.3) is 0 Å². The van der Waals surface area contributed by atoms with Crippen molar-refractivity contribution >= 4 is 23.0 Å². The number of benzene rings is 1. The largest absolute Gasteiger partial charge is 0.385 e. The third kappa shape index (κ3) is 2.56. The molecule has 0 aliphatic carbocycles. The molecule has 20 heavy (non-hydrogen) atoms. The first-order valence-electron chi connectivity index (χ1n) is 6.62. The van der Waals surface area contributed by atoms with E-state index < -0.39 is 5.91 Å². The predicted octanol–water partition coefficient (Wildman–Crippen LogP) is 2.28. The Hall–Kier alpha value is -2.56. The molecule has 0 spiro atoms. The minimum absolute atomic E-state index is 0.259. The molecular weight excluding hydrogens is 252 g/mol. The van der Waals surface area contributed by atoms with Crippen molar-refractivity contribution in [1.29, 1.82) is 0 Å². The number of nitrogens with zero attached hydrogens (tertiary/aromatic N) is 1. The first-order valence-corrected chi connectivity index (χ1v) is 6.62. The minimum atomic E-state index is -0.525. The number of nitrogens with two attached hydrogens (primary N) is 1. The lowest BCUT2D eigenvalue weighted by Gasteiger charge is -2.19. The lowest BCUT2D eigenvalue weighted by Crippen LogP contribution is -2.13. The molecule has 2 aromatic rings. The van der Waals surface area contributed by atoms with Crippen LogP contribution in [0, 0.1) is 0 Å². The molecule has 1 amide bonds. The van der Waals surface area contributed by atoms with E-state index in [1.165, 1.54) is 11.3 Å². The lowest BCUT2D eigenvalue weighted by molar-refractivity contribution is 0.0995. The number of rotatable bonds is 3. The van der Waals surface area contributed by atoms with Crippen molar-refractivity contribution in [3.63, 3.8) is 0 Å². The number of amides is 1. The number of hydrogen-bond donors (Lipinski definition) is 3. The molecule has 1 aliphatic heterocycles. The zero-order valence-electron chi connectivity index (χ0n) is 11.0. The Balaban J connectivity index is 1.84. The highest BCUT2D eigenvalue weighted by Gasteiger charge is 2.09. The van der Waals surface area contributed by atoms with Gasteiger partial charge in [-0.2, -0.15) is 0 Å². The molecule has 1 aromatic carbocycles. The van der Waals surface area contributed by atoms with Gasteiger partial charge in [0.15, 0.2) is 0 Å². The van der Waals surface area contributed by atoms with Gasteiger partial charge in [0, 0.05) is 29.8 Å². The van der Waals surface area contributed by atoms with Crippen molar-refractivity contribution in [3.8, 4) is 0 Å². The normalized spacial score (nSPS) is 13.2. The Morgan fingerprint density at radius 3 is 2.95 bits per heavy atom. The molecule has 2 heterocycles. The summed E-state index contributed by atoms with van der Waals surface area (Å²) >= 11 is 0. The molecule has 0 bridgehead atoms. The molecule has 102 valence electrons. The predicted molar refractivity (Wildman–Crippen MR) is 79.3 cm³/mol. The Bertz CT molecular complexity index is 654. The van der Waals surface area contributed by atoms with Gasteiger partial charge < -0.3 is 16.4 Å². The highest BCUT2D eigenvalue weighted by molar-refractivity contribution is 5.91. The summed E-state index contributed by atoms with van der Waals surface area (Å²) < 4.78 is 0. The van der Waals surface area contributed by atoms with Crippen molar-refractivity contribution < 1.29 is 4.79 Å². The van der Waals surface area contributed by atoms with Crippen LogP contribution in [0.2, 0.25) is 0 Å². The first-order chi connectivity index (χ1) is 9.72. The number of anilines is 3. The molecule has 0 atom stereocenters. The molecular formula is C15H16N4O. The number of fused-ring (bicyclic) bond motifs is 1.